The van der Waals surface area contributed by atoms with Gasteiger partial charge >= 0.3 is 11.9 Å². The molecule has 4 heteroatoms. The van der Waals surface area contributed by atoms with E-state index in [0.717, 1.165) is 0 Å². The van der Waals surface area contributed by atoms with E-state index < -0.39 is 17.4 Å². The molecule has 0 saturated heterocycles. The first-order chi connectivity index (χ1) is 10.8. The number of rotatable bonds is 3. The molecule has 1 aromatic carbocycles. The molecule has 0 aliphatic heterocycles. The summed E-state index contributed by atoms with van der Waals surface area (Å²) in [6.45, 7) is 5.57. The lowest BCUT2D eigenvalue weighted by Crippen LogP contribution is -2.18. The van der Waals surface area contributed by atoms with Crippen LogP contribution in [0.15, 0.2) is 53.1 Å². The maximum atomic E-state index is 11.9. The highest BCUT2D eigenvalue weighted by molar-refractivity contribution is 6.16. The molecule has 1 rings (SSSR count). The fourth-order valence-corrected chi connectivity index (χ4v) is 1.75. The first kappa shape index (κ1) is 18.3. The molecule has 0 aliphatic rings. The van der Waals surface area contributed by atoms with Gasteiger partial charge < -0.3 is 9.47 Å². The van der Waals surface area contributed by atoms with Crippen LogP contribution in [-0.4, -0.2) is 26.2 Å². The van der Waals surface area contributed by atoms with Gasteiger partial charge in [-0.3, -0.25) is 0 Å². The summed E-state index contributed by atoms with van der Waals surface area (Å²) in [6, 6.07) is 8.96. The summed E-state index contributed by atoms with van der Waals surface area (Å²) >= 11 is 0. The van der Waals surface area contributed by atoms with Crippen molar-refractivity contribution in [2.75, 3.05) is 14.2 Å². The lowest BCUT2D eigenvalue weighted by atomic mass is 9.87. The maximum absolute atomic E-state index is 11.9. The Bertz CT molecular complexity index is 716. The quantitative estimate of drug-likeness (QED) is 0.488. The van der Waals surface area contributed by atoms with Crippen LogP contribution in [0.1, 0.15) is 26.3 Å². The largest absolute Gasteiger partial charge is 0.465 e. The Morgan fingerprint density at radius 1 is 0.913 bits per heavy atom. The maximum Gasteiger partial charge on any atom is 0.347 e. The van der Waals surface area contributed by atoms with Crippen LogP contribution >= 0.6 is 0 Å². The molecule has 120 valence electrons. The Morgan fingerprint density at radius 2 is 1.48 bits per heavy atom. The second-order valence-electron chi connectivity index (χ2n) is 5.72. The molecule has 0 unspecified atom stereocenters. The van der Waals surface area contributed by atoms with Crippen LogP contribution in [0.3, 0.4) is 0 Å². The van der Waals surface area contributed by atoms with E-state index >= 15 is 0 Å². The van der Waals surface area contributed by atoms with Gasteiger partial charge in [-0.15, -0.1) is 0 Å². The number of esters is 2. The zero-order chi connectivity index (χ0) is 17.5. The highest BCUT2D eigenvalue weighted by Gasteiger charge is 2.24. The van der Waals surface area contributed by atoms with E-state index in [9.17, 15) is 9.59 Å². The van der Waals surface area contributed by atoms with Crippen molar-refractivity contribution in [1.82, 2.24) is 0 Å². The molecule has 0 fully saturated rings. The van der Waals surface area contributed by atoms with Gasteiger partial charge in [0, 0.05) is 5.41 Å². The molecular formula is C19H20O4. The minimum atomic E-state index is -0.541. The summed E-state index contributed by atoms with van der Waals surface area (Å²) in [5.74, 6) is -1.04. The van der Waals surface area contributed by atoms with Crippen LogP contribution in [0.5, 0.6) is 0 Å². The van der Waals surface area contributed by atoms with E-state index in [1.165, 1.54) is 14.2 Å². The van der Waals surface area contributed by atoms with Gasteiger partial charge in [0.1, 0.15) is 5.57 Å². The van der Waals surface area contributed by atoms with Crippen molar-refractivity contribution in [3.05, 3.63) is 58.7 Å². The van der Waals surface area contributed by atoms with E-state index in [2.05, 4.69) is 17.2 Å². The van der Waals surface area contributed by atoms with Crippen molar-refractivity contribution in [2.45, 2.75) is 20.8 Å². The van der Waals surface area contributed by atoms with Crippen molar-refractivity contribution in [3.63, 3.8) is 0 Å². The first-order valence-corrected chi connectivity index (χ1v) is 7.04. The summed E-state index contributed by atoms with van der Waals surface area (Å²) in [6.07, 6.45) is 0. The second kappa shape index (κ2) is 8.03. The number of hydrogen-bond donors (Lipinski definition) is 0. The van der Waals surface area contributed by atoms with E-state index in [1.807, 2.05) is 26.8 Å². The molecule has 0 heterocycles. The smallest absolute Gasteiger partial charge is 0.347 e. The van der Waals surface area contributed by atoms with Gasteiger partial charge in [0.2, 0.25) is 0 Å². The Hall–Kier alpha value is -2.76. The van der Waals surface area contributed by atoms with Crippen molar-refractivity contribution in [1.29, 1.82) is 0 Å². The summed E-state index contributed by atoms with van der Waals surface area (Å²) in [5, 5.41) is 0. The van der Waals surface area contributed by atoms with Crippen LogP contribution in [0.2, 0.25) is 0 Å². The fraction of sp³-hybridized carbons (Fsp3) is 0.316. The van der Waals surface area contributed by atoms with Gasteiger partial charge in [-0.1, -0.05) is 51.1 Å². The topological polar surface area (TPSA) is 52.6 Å². The van der Waals surface area contributed by atoms with Gasteiger partial charge in [0.25, 0.3) is 0 Å². The van der Waals surface area contributed by atoms with Crippen molar-refractivity contribution in [2.24, 2.45) is 5.41 Å². The molecule has 0 bridgehead atoms. The van der Waals surface area contributed by atoms with Crippen LogP contribution in [0, 0.1) is 5.41 Å². The third-order valence-electron chi connectivity index (χ3n) is 2.97. The lowest BCUT2D eigenvalue weighted by Gasteiger charge is -2.17. The predicted octanol–water partition coefficient (Wildman–Crippen LogP) is 3.30. The fourth-order valence-electron chi connectivity index (χ4n) is 1.75. The Labute approximate surface area is 136 Å². The standard InChI is InChI=1S/C19H20O4/c1-19(2,3)16(18(21)23-5)13-9-12-15(17(20)22-4)14-10-7-6-8-11-14/h6-8,10-11H,1-5H3. The number of benzene rings is 1. The van der Waals surface area contributed by atoms with Gasteiger partial charge in [-0.2, -0.15) is 0 Å². The number of carbonyl (C=O) groups is 2. The van der Waals surface area contributed by atoms with Crippen molar-refractivity contribution >= 4 is 17.5 Å². The van der Waals surface area contributed by atoms with Gasteiger partial charge in [0.05, 0.1) is 19.8 Å². The zero-order valence-corrected chi connectivity index (χ0v) is 14.0. The Morgan fingerprint density at radius 3 is 1.96 bits per heavy atom. The van der Waals surface area contributed by atoms with E-state index in [-0.39, 0.29) is 5.57 Å². The molecule has 4 nitrogen and oxygen atoms in total. The average Bonchev–Trinajstić information content (AvgIpc) is 2.53. The monoisotopic (exact) mass is 312 g/mol. The normalized spacial score (nSPS) is 9.78. The Balaban J connectivity index is 3.62. The first-order valence-electron chi connectivity index (χ1n) is 7.04. The molecule has 0 atom stereocenters. The summed E-state index contributed by atoms with van der Waals surface area (Å²) in [5.41, 5.74) is 8.80. The van der Waals surface area contributed by atoms with Crippen LogP contribution in [0.25, 0.3) is 5.57 Å². The molecule has 0 aliphatic carbocycles. The SMILES string of the molecule is COC(=O)C(=C=C=C=C(C(=O)OC)C(C)(C)C)c1ccccc1. The highest BCUT2D eigenvalue weighted by Crippen LogP contribution is 2.24. The summed E-state index contributed by atoms with van der Waals surface area (Å²) < 4.78 is 9.50. The lowest BCUT2D eigenvalue weighted by molar-refractivity contribution is -0.137. The minimum Gasteiger partial charge on any atom is -0.465 e. The number of ether oxygens (including phenoxy) is 2. The summed E-state index contributed by atoms with van der Waals surface area (Å²) in [7, 11) is 2.60. The molecule has 0 spiro atoms. The third kappa shape index (κ3) is 5.18. The highest BCUT2D eigenvalue weighted by atomic mass is 16.5. The van der Waals surface area contributed by atoms with Crippen LogP contribution in [0.4, 0.5) is 0 Å². The van der Waals surface area contributed by atoms with E-state index in [4.69, 9.17) is 9.47 Å². The second-order valence-corrected chi connectivity index (χ2v) is 5.72. The molecule has 0 N–H and O–H groups in total. The molecule has 0 amide bonds. The minimum absolute atomic E-state index is 0.207. The molecular weight excluding hydrogens is 292 g/mol. The zero-order valence-electron chi connectivity index (χ0n) is 14.0. The van der Waals surface area contributed by atoms with Crippen molar-refractivity contribution in [3.8, 4) is 0 Å². The van der Waals surface area contributed by atoms with E-state index in [1.54, 1.807) is 24.3 Å². The molecule has 1 aromatic rings. The van der Waals surface area contributed by atoms with Gasteiger partial charge in [-0.05, 0) is 22.8 Å². The summed E-state index contributed by atoms with van der Waals surface area (Å²) in [4.78, 5) is 23.7. The molecule has 0 saturated carbocycles. The van der Waals surface area contributed by atoms with Gasteiger partial charge in [-0.25, -0.2) is 9.59 Å². The number of carbonyl (C=O) groups excluding carboxylic acids is 2. The predicted molar refractivity (Wildman–Crippen MR) is 87.4 cm³/mol. The van der Waals surface area contributed by atoms with Gasteiger partial charge in [0.15, 0.2) is 0 Å². The van der Waals surface area contributed by atoms with Crippen LogP contribution < -0.4 is 0 Å². The average molecular weight is 312 g/mol. The molecule has 0 aromatic heterocycles. The molecule has 23 heavy (non-hydrogen) atoms. The van der Waals surface area contributed by atoms with E-state index in [0.29, 0.717) is 11.1 Å². The Kier molecular flexibility index (Phi) is 6.38. The third-order valence-corrected chi connectivity index (χ3v) is 2.97. The van der Waals surface area contributed by atoms with Crippen molar-refractivity contribution < 1.29 is 19.1 Å². The number of methoxy groups -OCH3 is 2. The number of hydrogen-bond acceptors (Lipinski definition) is 4. The molecule has 0 radical (unpaired) electrons. The van der Waals surface area contributed by atoms with Crippen LogP contribution in [-0.2, 0) is 19.1 Å².